The molecule has 2 fully saturated rings. The van der Waals surface area contributed by atoms with Crippen LogP contribution in [0.25, 0.3) is 17.0 Å². The molecule has 1 aromatic heterocycles. The zero-order valence-electron chi connectivity index (χ0n) is 21.1. The van der Waals surface area contributed by atoms with Gasteiger partial charge < -0.3 is 9.47 Å². The van der Waals surface area contributed by atoms with E-state index in [9.17, 15) is 27.6 Å². The molecule has 8 nitrogen and oxygen atoms in total. The standard InChI is InChI=1S/C27H23ClF3N3O5S/c1-38-25(36)23(16-6-8-39-9-7-16)34-24(35)22(40-26(34)37)11-15-2-5-21-18(10-15)13-32-33(21)14-17-3-4-19(28)12-20(17)27(29,30)31/h2-5,10-13,16,23H,6-9,14H2,1H3. The molecule has 0 N–H and O–H groups in total. The van der Waals surface area contributed by atoms with Crippen LogP contribution in [0, 0.1) is 5.92 Å². The fourth-order valence-electron chi connectivity index (χ4n) is 4.97. The Kier molecular flexibility index (Phi) is 7.94. The van der Waals surface area contributed by atoms with Crippen molar-refractivity contribution in [2.75, 3.05) is 20.3 Å². The van der Waals surface area contributed by atoms with Crippen LogP contribution in [0.15, 0.2) is 47.5 Å². The van der Waals surface area contributed by atoms with Gasteiger partial charge in [0.1, 0.15) is 6.04 Å². The Hall–Kier alpha value is -3.35. The predicted molar refractivity (Wildman–Crippen MR) is 142 cm³/mol. The lowest BCUT2D eigenvalue weighted by atomic mass is 9.90. The molecule has 2 aliphatic heterocycles. The van der Waals surface area contributed by atoms with Crippen LogP contribution in [0.1, 0.15) is 29.5 Å². The Morgan fingerprint density at radius 3 is 2.67 bits per heavy atom. The number of thioether (sulfide) groups is 1. The highest BCUT2D eigenvalue weighted by atomic mass is 35.5. The summed E-state index contributed by atoms with van der Waals surface area (Å²) < 4.78 is 52.3. The zero-order valence-corrected chi connectivity index (χ0v) is 22.7. The maximum atomic E-state index is 13.5. The van der Waals surface area contributed by atoms with Gasteiger partial charge in [-0.3, -0.25) is 19.2 Å². The summed E-state index contributed by atoms with van der Waals surface area (Å²) in [7, 11) is 1.22. The van der Waals surface area contributed by atoms with Crippen molar-refractivity contribution in [1.82, 2.24) is 14.7 Å². The van der Waals surface area contributed by atoms with E-state index < -0.39 is 34.9 Å². The van der Waals surface area contributed by atoms with E-state index in [0.717, 1.165) is 22.7 Å². The summed E-state index contributed by atoms with van der Waals surface area (Å²) in [6.45, 7) is 0.718. The molecule has 2 aliphatic rings. The molecule has 2 aromatic carbocycles. The van der Waals surface area contributed by atoms with Crippen LogP contribution in [-0.2, 0) is 31.8 Å². The molecule has 3 aromatic rings. The number of aromatic nitrogens is 2. The first-order chi connectivity index (χ1) is 19.1. The monoisotopic (exact) mass is 593 g/mol. The normalized spacial score (nSPS) is 18.6. The second-order valence-corrected chi connectivity index (χ2v) is 10.8. The van der Waals surface area contributed by atoms with Crippen molar-refractivity contribution in [3.63, 3.8) is 0 Å². The van der Waals surface area contributed by atoms with Gasteiger partial charge in [-0.2, -0.15) is 18.3 Å². The van der Waals surface area contributed by atoms with Crippen molar-refractivity contribution in [2.45, 2.75) is 31.6 Å². The third-order valence-electron chi connectivity index (χ3n) is 6.92. The van der Waals surface area contributed by atoms with Gasteiger partial charge in [-0.05, 0) is 72.0 Å². The van der Waals surface area contributed by atoms with Crippen LogP contribution < -0.4 is 0 Å². The van der Waals surface area contributed by atoms with E-state index in [1.54, 1.807) is 24.3 Å². The molecule has 0 radical (unpaired) electrons. The Morgan fingerprint density at radius 1 is 1.23 bits per heavy atom. The van der Waals surface area contributed by atoms with Gasteiger partial charge in [0.15, 0.2) is 0 Å². The molecule has 13 heteroatoms. The zero-order chi connectivity index (χ0) is 28.6. The van der Waals surface area contributed by atoms with E-state index in [-0.39, 0.29) is 28.0 Å². The molecule has 0 spiro atoms. The fraction of sp³-hybridized carbons (Fsp3) is 0.333. The minimum absolute atomic E-state index is 0.0129. The highest BCUT2D eigenvalue weighted by Gasteiger charge is 2.47. The maximum absolute atomic E-state index is 13.5. The number of esters is 1. The average Bonchev–Trinajstić information content (AvgIpc) is 3.44. The van der Waals surface area contributed by atoms with Crippen molar-refractivity contribution < 1.29 is 37.0 Å². The number of imide groups is 1. The number of hydrogen-bond acceptors (Lipinski definition) is 7. The van der Waals surface area contributed by atoms with Crippen molar-refractivity contribution in [3.05, 3.63) is 69.2 Å². The number of alkyl halides is 3. The molecule has 2 saturated heterocycles. The van der Waals surface area contributed by atoms with Gasteiger partial charge in [0.2, 0.25) is 0 Å². The molecule has 0 aliphatic carbocycles. The van der Waals surface area contributed by atoms with Crippen LogP contribution in [0.4, 0.5) is 18.0 Å². The topological polar surface area (TPSA) is 90.7 Å². The number of halogens is 4. The molecule has 40 heavy (non-hydrogen) atoms. The molecule has 5 rings (SSSR count). The van der Waals surface area contributed by atoms with Gasteiger partial charge in [-0.25, -0.2) is 4.79 Å². The number of nitrogens with zero attached hydrogens (tertiary/aromatic N) is 3. The van der Waals surface area contributed by atoms with Crippen LogP contribution in [0.5, 0.6) is 0 Å². The summed E-state index contributed by atoms with van der Waals surface area (Å²) in [5.41, 5.74) is 0.352. The van der Waals surface area contributed by atoms with Gasteiger partial charge >= 0.3 is 12.1 Å². The van der Waals surface area contributed by atoms with E-state index in [4.69, 9.17) is 21.1 Å². The highest BCUT2D eigenvalue weighted by molar-refractivity contribution is 8.18. The molecule has 1 unspecified atom stereocenters. The van der Waals surface area contributed by atoms with Crippen LogP contribution in [0.2, 0.25) is 5.02 Å². The molecular formula is C27H23ClF3N3O5S. The van der Waals surface area contributed by atoms with Crippen molar-refractivity contribution in [3.8, 4) is 0 Å². The molecular weight excluding hydrogens is 571 g/mol. The number of amides is 2. The lowest BCUT2D eigenvalue weighted by Gasteiger charge is -2.32. The maximum Gasteiger partial charge on any atom is 0.416 e. The van der Waals surface area contributed by atoms with Crippen molar-refractivity contribution in [2.24, 2.45) is 5.92 Å². The Balaban J connectivity index is 1.40. The Labute approximate surface area is 236 Å². The fourth-order valence-corrected chi connectivity index (χ4v) is 6.00. The first-order valence-electron chi connectivity index (χ1n) is 12.3. The first kappa shape index (κ1) is 28.2. The van der Waals surface area contributed by atoms with Gasteiger partial charge in [-0.15, -0.1) is 0 Å². The molecule has 210 valence electrons. The molecule has 1 atom stereocenters. The Bertz CT molecular complexity index is 1520. The number of ether oxygens (including phenoxy) is 2. The SMILES string of the molecule is COC(=O)C(C1CCOCC1)N1C(=O)SC(=Cc2ccc3c(cnn3Cc3ccc(Cl)cc3C(F)(F)F)c2)C1=O. The van der Waals surface area contributed by atoms with Crippen LogP contribution >= 0.6 is 23.4 Å². The van der Waals surface area contributed by atoms with E-state index in [2.05, 4.69) is 5.10 Å². The van der Waals surface area contributed by atoms with Crippen LogP contribution in [0.3, 0.4) is 0 Å². The van der Waals surface area contributed by atoms with E-state index in [0.29, 0.717) is 42.5 Å². The number of methoxy groups -OCH3 is 1. The summed E-state index contributed by atoms with van der Waals surface area (Å²) in [5.74, 6) is -1.51. The number of rotatable bonds is 6. The third-order valence-corrected chi connectivity index (χ3v) is 8.04. The second kappa shape index (κ2) is 11.3. The highest BCUT2D eigenvalue weighted by Crippen LogP contribution is 2.38. The molecule has 0 saturated carbocycles. The van der Waals surface area contributed by atoms with Gasteiger partial charge in [0.25, 0.3) is 11.1 Å². The number of benzene rings is 2. The van der Waals surface area contributed by atoms with Crippen LogP contribution in [-0.4, -0.2) is 58.2 Å². The minimum atomic E-state index is -4.57. The summed E-state index contributed by atoms with van der Waals surface area (Å²) in [6, 6.07) is 7.65. The number of hydrogen-bond donors (Lipinski definition) is 0. The number of fused-ring (bicyclic) bond motifs is 1. The smallest absolute Gasteiger partial charge is 0.416 e. The third kappa shape index (κ3) is 5.61. The predicted octanol–water partition coefficient (Wildman–Crippen LogP) is 5.76. The average molecular weight is 594 g/mol. The molecule has 3 heterocycles. The molecule has 0 bridgehead atoms. The summed E-state index contributed by atoms with van der Waals surface area (Å²) in [6.07, 6.45) is -0.485. The van der Waals surface area contributed by atoms with Crippen molar-refractivity contribution in [1.29, 1.82) is 0 Å². The van der Waals surface area contributed by atoms with Gasteiger partial charge in [0, 0.05) is 23.6 Å². The second-order valence-electron chi connectivity index (χ2n) is 9.39. The lowest BCUT2D eigenvalue weighted by molar-refractivity contribution is -0.152. The van der Waals surface area contributed by atoms with Crippen molar-refractivity contribution >= 4 is 57.5 Å². The van der Waals surface area contributed by atoms with Gasteiger partial charge in [0.05, 0.1) is 35.8 Å². The quantitative estimate of drug-likeness (QED) is 0.265. The lowest BCUT2D eigenvalue weighted by Crippen LogP contribution is -2.50. The van der Waals surface area contributed by atoms with E-state index in [1.807, 2.05) is 0 Å². The summed E-state index contributed by atoms with van der Waals surface area (Å²) in [4.78, 5) is 39.9. The number of carbonyl (C=O) groups is 3. The van der Waals surface area contributed by atoms with Gasteiger partial charge in [-0.1, -0.05) is 23.7 Å². The minimum Gasteiger partial charge on any atom is -0.467 e. The van der Waals surface area contributed by atoms with E-state index >= 15 is 0 Å². The Morgan fingerprint density at radius 2 is 1.98 bits per heavy atom. The number of carbonyl (C=O) groups excluding carboxylic acids is 3. The van der Waals surface area contributed by atoms with E-state index in [1.165, 1.54) is 30.1 Å². The summed E-state index contributed by atoms with van der Waals surface area (Å²) >= 11 is 6.52. The largest absolute Gasteiger partial charge is 0.467 e. The molecule has 2 amide bonds. The summed E-state index contributed by atoms with van der Waals surface area (Å²) in [5, 5.41) is 4.31. The first-order valence-corrected chi connectivity index (χ1v) is 13.5.